The number of rotatable bonds is 8. The normalized spacial score (nSPS) is 14.1. The molecule has 3 heterocycles. The van der Waals surface area contributed by atoms with Gasteiger partial charge in [0.1, 0.15) is 22.9 Å². The number of hydrogen-bond donors (Lipinski definition) is 1. The second-order valence-corrected chi connectivity index (χ2v) is 8.74. The summed E-state index contributed by atoms with van der Waals surface area (Å²) in [6.07, 6.45) is 0. The predicted octanol–water partition coefficient (Wildman–Crippen LogP) is 3.54. The SMILES string of the molecule is COc1ccc(Cn2c(=O)c(NCCN3CCOCC3)nc3ccc(-c4cc(F)ccc4F)nc32)cc1. The number of nitrogens with one attached hydrogen (secondary N) is 1. The Morgan fingerprint density at radius 2 is 1.81 bits per heavy atom. The van der Waals surface area contributed by atoms with Crippen molar-refractivity contribution in [3.63, 3.8) is 0 Å². The molecule has 2 aromatic heterocycles. The maximum atomic E-state index is 14.5. The van der Waals surface area contributed by atoms with Crippen molar-refractivity contribution >= 4 is 17.0 Å². The number of pyridine rings is 1. The van der Waals surface area contributed by atoms with Crippen molar-refractivity contribution in [3.05, 3.63) is 82.1 Å². The topological polar surface area (TPSA) is 81.5 Å². The molecule has 192 valence electrons. The summed E-state index contributed by atoms with van der Waals surface area (Å²) in [6, 6.07) is 13.8. The number of halogens is 2. The van der Waals surface area contributed by atoms with E-state index in [-0.39, 0.29) is 34.8 Å². The van der Waals surface area contributed by atoms with Crippen LogP contribution in [-0.2, 0) is 11.3 Å². The number of hydrogen-bond acceptors (Lipinski definition) is 7. The standard InChI is InChI=1S/C27H27F2N5O3/c1-36-20-5-2-18(3-6-20)17-34-26-24(9-8-23(32-26)21-16-19(28)4-7-22(21)29)31-25(27(34)35)30-10-11-33-12-14-37-15-13-33/h2-9,16H,10-15,17H2,1H3,(H,30,31). The van der Waals surface area contributed by atoms with Crippen molar-refractivity contribution in [1.82, 2.24) is 19.4 Å². The van der Waals surface area contributed by atoms with Gasteiger partial charge in [0.05, 0.1) is 32.6 Å². The smallest absolute Gasteiger partial charge is 0.295 e. The molecule has 2 aromatic carbocycles. The third-order valence-electron chi connectivity index (χ3n) is 6.32. The van der Waals surface area contributed by atoms with Gasteiger partial charge in [0.15, 0.2) is 11.5 Å². The fraction of sp³-hybridized carbons (Fsp3) is 0.296. The van der Waals surface area contributed by atoms with Crippen LogP contribution in [0.5, 0.6) is 5.75 Å². The van der Waals surface area contributed by atoms with E-state index in [9.17, 15) is 13.6 Å². The third-order valence-corrected chi connectivity index (χ3v) is 6.32. The zero-order chi connectivity index (χ0) is 25.8. The van der Waals surface area contributed by atoms with Crippen LogP contribution in [0, 0.1) is 11.6 Å². The quantitative estimate of drug-likeness (QED) is 0.391. The highest BCUT2D eigenvalue weighted by Crippen LogP contribution is 2.24. The second kappa shape index (κ2) is 11.0. The average Bonchev–Trinajstić information content (AvgIpc) is 2.93. The number of benzene rings is 2. The molecule has 1 fully saturated rings. The first-order valence-electron chi connectivity index (χ1n) is 12.1. The van der Waals surface area contributed by atoms with E-state index in [1.54, 1.807) is 19.2 Å². The second-order valence-electron chi connectivity index (χ2n) is 8.74. The van der Waals surface area contributed by atoms with Gasteiger partial charge in [-0.3, -0.25) is 14.3 Å². The fourth-order valence-electron chi connectivity index (χ4n) is 4.30. The highest BCUT2D eigenvalue weighted by atomic mass is 19.1. The van der Waals surface area contributed by atoms with Crippen LogP contribution in [0.15, 0.2) is 59.4 Å². The minimum absolute atomic E-state index is 0.0121. The molecule has 0 spiro atoms. The molecule has 1 aliphatic heterocycles. The maximum absolute atomic E-state index is 14.5. The molecule has 1 N–H and O–H groups in total. The van der Waals surface area contributed by atoms with Gasteiger partial charge in [-0.2, -0.15) is 0 Å². The molecular weight excluding hydrogens is 480 g/mol. The lowest BCUT2D eigenvalue weighted by atomic mass is 10.1. The molecule has 5 rings (SSSR count). The summed E-state index contributed by atoms with van der Waals surface area (Å²) in [5.74, 6) is -0.276. The average molecular weight is 508 g/mol. The number of fused-ring (bicyclic) bond motifs is 1. The van der Waals surface area contributed by atoms with Gasteiger partial charge in [0, 0.05) is 31.7 Å². The van der Waals surface area contributed by atoms with Crippen LogP contribution in [0.3, 0.4) is 0 Å². The van der Waals surface area contributed by atoms with Gasteiger partial charge < -0.3 is 14.8 Å². The van der Waals surface area contributed by atoms with E-state index < -0.39 is 11.6 Å². The summed E-state index contributed by atoms with van der Waals surface area (Å²) in [4.78, 5) is 24.9. The van der Waals surface area contributed by atoms with Gasteiger partial charge in [-0.25, -0.2) is 18.7 Å². The number of methoxy groups -OCH3 is 1. The molecule has 37 heavy (non-hydrogen) atoms. The highest BCUT2D eigenvalue weighted by Gasteiger charge is 2.17. The Hall–Kier alpha value is -3.89. The van der Waals surface area contributed by atoms with Crippen molar-refractivity contribution in [2.24, 2.45) is 0 Å². The first kappa shape index (κ1) is 24.8. The number of morpholine rings is 1. The highest BCUT2D eigenvalue weighted by molar-refractivity contribution is 5.76. The zero-order valence-electron chi connectivity index (χ0n) is 20.4. The Bertz CT molecular complexity index is 1450. The minimum Gasteiger partial charge on any atom is -0.497 e. The summed E-state index contributed by atoms with van der Waals surface area (Å²) in [6.45, 7) is 4.58. The van der Waals surface area contributed by atoms with Crippen LogP contribution in [0.4, 0.5) is 14.6 Å². The fourth-order valence-corrected chi connectivity index (χ4v) is 4.30. The molecule has 1 saturated heterocycles. The van der Waals surface area contributed by atoms with E-state index in [1.165, 1.54) is 4.57 Å². The predicted molar refractivity (Wildman–Crippen MR) is 137 cm³/mol. The number of anilines is 1. The van der Waals surface area contributed by atoms with Crippen molar-refractivity contribution in [1.29, 1.82) is 0 Å². The maximum Gasteiger partial charge on any atom is 0.295 e. The van der Waals surface area contributed by atoms with Crippen molar-refractivity contribution < 1.29 is 18.3 Å². The molecule has 0 atom stereocenters. The van der Waals surface area contributed by atoms with Gasteiger partial charge in [-0.15, -0.1) is 0 Å². The van der Waals surface area contributed by atoms with Gasteiger partial charge in [-0.1, -0.05) is 12.1 Å². The van der Waals surface area contributed by atoms with Gasteiger partial charge in [-0.05, 0) is 48.0 Å². The Kier molecular flexibility index (Phi) is 7.38. The lowest BCUT2D eigenvalue weighted by molar-refractivity contribution is 0.0398. The van der Waals surface area contributed by atoms with E-state index in [0.717, 1.165) is 43.4 Å². The lowest BCUT2D eigenvalue weighted by Crippen LogP contribution is -2.39. The molecule has 8 nitrogen and oxygen atoms in total. The molecule has 0 aliphatic carbocycles. The number of nitrogens with zero attached hydrogens (tertiary/aromatic N) is 4. The van der Waals surface area contributed by atoms with Gasteiger partial charge in [0.25, 0.3) is 5.56 Å². The summed E-state index contributed by atoms with van der Waals surface area (Å²) in [7, 11) is 1.59. The molecule has 0 unspecified atom stereocenters. The van der Waals surface area contributed by atoms with Gasteiger partial charge in [0.2, 0.25) is 0 Å². The lowest BCUT2D eigenvalue weighted by Gasteiger charge is -2.26. The summed E-state index contributed by atoms with van der Waals surface area (Å²) in [5, 5.41) is 3.18. The first-order valence-corrected chi connectivity index (χ1v) is 12.1. The Morgan fingerprint density at radius 1 is 1.03 bits per heavy atom. The summed E-state index contributed by atoms with van der Waals surface area (Å²) >= 11 is 0. The summed E-state index contributed by atoms with van der Waals surface area (Å²) in [5.41, 5.74) is 1.46. The van der Waals surface area contributed by atoms with Crippen LogP contribution < -0.4 is 15.6 Å². The van der Waals surface area contributed by atoms with Crippen molar-refractivity contribution in [2.75, 3.05) is 51.8 Å². The molecule has 0 radical (unpaired) electrons. The number of ether oxygens (including phenoxy) is 2. The largest absolute Gasteiger partial charge is 0.497 e. The van der Waals surface area contributed by atoms with E-state index in [4.69, 9.17) is 9.47 Å². The molecule has 0 amide bonds. The molecular formula is C27H27F2N5O3. The van der Waals surface area contributed by atoms with E-state index in [2.05, 4.69) is 20.2 Å². The van der Waals surface area contributed by atoms with Crippen molar-refractivity contribution in [3.8, 4) is 17.0 Å². The molecule has 0 saturated carbocycles. The molecule has 1 aliphatic rings. The molecule has 4 aromatic rings. The van der Waals surface area contributed by atoms with Crippen LogP contribution in [0.2, 0.25) is 0 Å². The first-order chi connectivity index (χ1) is 18.0. The van der Waals surface area contributed by atoms with E-state index in [1.807, 2.05) is 24.3 Å². The summed E-state index contributed by atoms with van der Waals surface area (Å²) < 4.78 is 40.5. The Balaban J connectivity index is 1.53. The van der Waals surface area contributed by atoms with Crippen molar-refractivity contribution in [2.45, 2.75) is 6.54 Å². The Morgan fingerprint density at radius 3 is 2.57 bits per heavy atom. The van der Waals surface area contributed by atoms with Crippen LogP contribution >= 0.6 is 0 Å². The van der Waals surface area contributed by atoms with Crippen LogP contribution in [0.25, 0.3) is 22.4 Å². The monoisotopic (exact) mass is 507 g/mol. The number of aromatic nitrogens is 3. The Labute approximate surface area is 212 Å². The van der Waals surface area contributed by atoms with Crippen LogP contribution in [-0.4, -0.2) is 65.9 Å². The molecule has 10 heteroatoms. The van der Waals surface area contributed by atoms with E-state index >= 15 is 0 Å². The minimum atomic E-state index is -0.605. The van der Waals surface area contributed by atoms with Crippen LogP contribution in [0.1, 0.15) is 5.56 Å². The third kappa shape index (κ3) is 5.60. The molecule has 0 bridgehead atoms. The van der Waals surface area contributed by atoms with Gasteiger partial charge >= 0.3 is 0 Å². The van der Waals surface area contributed by atoms with E-state index in [0.29, 0.717) is 31.0 Å². The zero-order valence-corrected chi connectivity index (χ0v) is 20.4.